The van der Waals surface area contributed by atoms with Gasteiger partial charge in [-0.25, -0.2) is 33.7 Å². The molecule has 2 aliphatic heterocycles. The predicted octanol–water partition coefficient (Wildman–Crippen LogP) is 4.92. The summed E-state index contributed by atoms with van der Waals surface area (Å²) in [4.78, 5) is 10.9. The second-order valence-corrected chi connectivity index (χ2v) is 21.9. The second kappa shape index (κ2) is 17.4. The summed E-state index contributed by atoms with van der Waals surface area (Å²) < 4.78 is 154. The third-order valence-corrected chi connectivity index (χ3v) is 15.1. The van der Waals surface area contributed by atoms with Gasteiger partial charge < -0.3 is 33.0 Å². The van der Waals surface area contributed by atoms with Crippen molar-refractivity contribution in [2.45, 2.75) is 84.8 Å². The van der Waals surface area contributed by atoms with Crippen molar-refractivity contribution < 1.29 is 71.1 Å². The van der Waals surface area contributed by atoms with Crippen LogP contribution in [0.5, 0.6) is 0 Å². The number of carboxylic acids is 1. The molecular weight excluding hydrogens is 901 g/mol. The smallest absolute Gasteiger partial charge is 0.303 e. The number of methoxy groups -OCH3 is 1. The van der Waals surface area contributed by atoms with Crippen LogP contribution in [0.15, 0.2) is 93.2 Å². The van der Waals surface area contributed by atoms with Crippen LogP contribution < -0.4 is 4.90 Å². The molecule has 0 aromatic heterocycles. The summed E-state index contributed by atoms with van der Waals surface area (Å²) in [6, 6.07) is 12.1. The van der Waals surface area contributed by atoms with Crippen LogP contribution in [-0.2, 0) is 60.8 Å². The third-order valence-electron chi connectivity index (χ3n) is 11.8. The Morgan fingerprint density at radius 3 is 2.06 bits per heavy atom. The summed E-state index contributed by atoms with van der Waals surface area (Å²) in [6.45, 7) is 6.21. The van der Waals surface area contributed by atoms with Crippen LogP contribution in [0.4, 0.5) is 11.4 Å². The Labute approximate surface area is 366 Å². The van der Waals surface area contributed by atoms with Crippen molar-refractivity contribution >= 4 is 85.1 Å². The number of anilines is 1. The van der Waals surface area contributed by atoms with Gasteiger partial charge in [0.15, 0.2) is 5.71 Å². The molecule has 0 saturated carbocycles. The first-order chi connectivity index (χ1) is 29.2. The fourth-order valence-electron chi connectivity index (χ4n) is 9.04. The SMILES string of the molecule is COCCN1C(=CC=CC2=[N+](CCCCCC(=O)O)c3ccc4c(S(=O)(=O)[O-])cc(S(=O)(=O)[O-])cc4c3C2(C)C)C(C)(CCCS(=O)(=O)[O-])c2c1ccc1ccc(S(=O)(=O)[O-])cc21. The van der Waals surface area contributed by atoms with E-state index in [0.29, 0.717) is 76.6 Å². The highest BCUT2D eigenvalue weighted by Gasteiger charge is 2.47. The molecule has 0 radical (unpaired) electrons. The van der Waals surface area contributed by atoms with Gasteiger partial charge in [-0.2, -0.15) is 4.58 Å². The zero-order valence-corrected chi connectivity index (χ0v) is 38.0. The molecule has 17 nitrogen and oxygen atoms in total. The topological polar surface area (TPSA) is 282 Å². The van der Waals surface area contributed by atoms with Crippen LogP contribution in [0, 0.1) is 0 Å². The van der Waals surface area contributed by atoms with Crippen molar-refractivity contribution in [3.63, 3.8) is 0 Å². The lowest BCUT2D eigenvalue weighted by molar-refractivity contribution is -0.438. The summed E-state index contributed by atoms with van der Waals surface area (Å²) in [5.74, 6) is -1.64. The third kappa shape index (κ3) is 9.76. The summed E-state index contributed by atoms with van der Waals surface area (Å²) in [7, 11) is -18.6. The zero-order chi connectivity index (χ0) is 46.5. The van der Waals surface area contributed by atoms with E-state index in [1.54, 1.807) is 44.2 Å². The lowest BCUT2D eigenvalue weighted by Gasteiger charge is -2.31. The summed E-state index contributed by atoms with van der Waals surface area (Å²) in [5.41, 5.74) is 1.19. The number of nitrogens with zero attached hydrogens (tertiary/aromatic N) is 2. The van der Waals surface area contributed by atoms with E-state index in [0.717, 1.165) is 6.07 Å². The first-order valence-electron chi connectivity index (χ1n) is 19.7. The summed E-state index contributed by atoms with van der Waals surface area (Å²) in [6.07, 6.45) is 6.61. The van der Waals surface area contributed by atoms with Gasteiger partial charge in [0.25, 0.3) is 0 Å². The molecule has 0 fully saturated rings. The minimum atomic E-state index is -5.28. The van der Waals surface area contributed by atoms with E-state index in [2.05, 4.69) is 0 Å². The molecule has 1 atom stereocenters. The van der Waals surface area contributed by atoms with Gasteiger partial charge in [0.2, 0.25) is 5.69 Å². The predicted molar refractivity (Wildman–Crippen MR) is 228 cm³/mol. The van der Waals surface area contributed by atoms with Crippen molar-refractivity contribution in [1.82, 2.24) is 0 Å². The normalized spacial score (nSPS) is 18.6. The Kier molecular flexibility index (Phi) is 13.2. The molecule has 0 amide bonds. The Morgan fingerprint density at radius 2 is 1.44 bits per heavy atom. The highest BCUT2D eigenvalue weighted by Crippen LogP contribution is 2.54. The molecule has 2 heterocycles. The number of fused-ring (bicyclic) bond motifs is 6. The number of benzene rings is 4. The van der Waals surface area contributed by atoms with Crippen LogP contribution in [0.1, 0.15) is 70.4 Å². The summed E-state index contributed by atoms with van der Waals surface area (Å²) >= 11 is 0. The van der Waals surface area contributed by atoms with Gasteiger partial charge in [-0.3, -0.25) is 4.79 Å². The van der Waals surface area contributed by atoms with E-state index >= 15 is 0 Å². The number of aliphatic carboxylic acids is 1. The second-order valence-electron chi connectivity index (χ2n) is 16.3. The molecule has 0 saturated heterocycles. The zero-order valence-electron chi connectivity index (χ0n) is 34.7. The molecular formula is C42H45N2O15S4-3. The van der Waals surface area contributed by atoms with Gasteiger partial charge in [-0.1, -0.05) is 18.2 Å². The molecule has 1 unspecified atom stereocenters. The summed E-state index contributed by atoms with van der Waals surface area (Å²) in [5, 5.41) is 10.2. The first kappa shape index (κ1) is 47.9. The molecule has 21 heteroatoms. The molecule has 0 bridgehead atoms. The molecule has 1 N–H and O–H groups in total. The van der Waals surface area contributed by atoms with Gasteiger partial charge in [-0.15, -0.1) is 0 Å². The molecule has 340 valence electrons. The number of hydrogen-bond donors (Lipinski definition) is 1. The Balaban J connectivity index is 1.57. The number of carbonyl (C=O) groups is 1. The highest BCUT2D eigenvalue weighted by molar-refractivity contribution is 7.87. The number of rotatable bonds is 18. The quantitative estimate of drug-likeness (QED) is 0.0787. The number of allylic oxidation sites excluding steroid dienone is 4. The van der Waals surface area contributed by atoms with Gasteiger partial charge >= 0.3 is 5.97 Å². The lowest BCUT2D eigenvalue weighted by atomic mass is 9.75. The van der Waals surface area contributed by atoms with Gasteiger partial charge in [-0.05, 0) is 111 Å². The molecule has 0 aliphatic carbocycles. The van der Waals surface area contributed by atoms with Crippen LogP contribution in [0.25, 0.3) is 21.5 Å². The molecule has 63 heavy (non-hydrogen) atoms. The van der Waals surface area contributed by atoms with E-state index < -0.39 is 77.7 Å². The molecule has 6 rings (SSSR count). The van der Waals surface area contributed by atoms with Crippen molar-refractivity contribution in [1.29, 1.82) is 0 Å². The molecule has 0 spiro atoms. The fraction of sp³-hybridized carbons (Fsp3) is 0.381. The maximum Gasteiger partial charge on any atom is 0.303 e. The molecule has 2 aliphatic rings. The minimum absolute atomic E-state index is 0.0470. The van der Waals surface area contributed by atoms with Crippen LogP contribution in [0.2, 0.25) is 0 Å². The van der Waals surface area contributed by atoms with E-state index in [-0.39, 0.29) is 43.2 Å². The monoisotopic (exact) mass is 945 g/mol. The van der Waals surface area contributed by atoms with E-state index in [1.807, 2.05) is 22.5 Å². The maximum atomic E-state index is 12.5. The lowest BCUT2D eigenvalue weighted by Crippen LogP contribution is -2.31. The number of unbranched alkanes of at least 4 members (excludes halogenated alkanes) is 2. The van der Waals surface area contributed by atoms with Crippen molar-refractivity contribution in [2.75, 3.05) is 37.5 Å². The number of ether oxygens (including phenoxy) is 1. The van der Waals surface area contributed by atoms with Crippen LogP contribution in [-0.4, -0.2) is 106 Å². The van der Waals surface area contributed by atoms with E-state index in [1.165, 1.54) is 31.4 Å². The van der Waals surface area contributed by atoms with Crippen LogP contribution >= 0.6 is 0 Å². The Morgan fingerprint density at radius 1 is 0.778 bits per heavy atom. The van der Waals surface area contributed by atoms with E-state index in [9.17, 15) is 61.8 Å². The Bertz CT molecular complexity index is 3090. The van der Waals surface area contributed by atoms with Gasteiger partial charge in [0.1, 0.15) is 36.9 Å². The first-order valence-corrected chi connectivity index (χ1v) is 25.5. The van der Waals surface area contributed by atoms with Crippen LogP contribution in [0.3, 0.4) is 0 Å². The maximum absolute atomic E-state index is 12.5. The van der Waals surface area contributed by atoms with E-state index in [4.69, 9.17) is 4.74 Å². The number of carboxylic acid groups (broad SMARTS) is 1. The average molecular weight is 946 g/mol. The Hall–Kier alpha value is -4.58. The minimum Gasteiger partial charge on any atom is -0.748 e. The van der Waals surface area contributed by atoms with Crippen molar-refractivity contribution in [3.05, 3.63) is 89.6 Å². The standard InChI is InChI=1S/C42H48N2O15S4/c1-41(2)36(43(20-7-5-6-12-38(45)46)33-18-16-30-32(39(33)41)25-29(62(53,54)55)26-35(30)63(56,57)58)10-8-11-37-42(3,19-9-23-60(47,48)49)40-31-24-28(61(50,51)52)15-13-27(31)14-17-34(40)44(37)21-22-59-4/h8,10-11,13-18,24-26H,5-7,9,12,19-23H2,1-4H3,(H4-,45,46,47,48,49,50,51,52,53,54,55,56,57,58)/p-3. The average Bonchev–Trinajstić information content (AvgIpc) is 3.53. The molecule has 4 aromatic carbocycles. The van der Waals surface area contributed by atoms with Crippen molar-refractivity contribution in [3.8, 4) is 0 Å². The highest BCUT2D eigenvalue weighted by atomic mass is 32.2. The number of hydrogen-bond acceptors (Lipinski definition) is 15. The van der Waals surface area contributed by atoms with Gasteiger partial charge in [0, 0.05) is 72.1 Å². The molecule has 4 aromatic rings. The largest absolute Gasteiger partial charge is 0.748 e. The van der Waals surface area contributed by atoms with Crippen molar-refractivity contribution in [2.24, 2.45) is 0 Å². The van der Waals surface area contributed by atoms with Gasteiger partial charge in [0.05, 0.1) is 36.8 Å². The fourth-order valence-corrected chi connectivity index (χ4v) is 11.4.